The van der Waals surface area contributed by atoms with Crippen LogP contribution in [0, 0.1) is 11.8 Å². The van der Waals surface area contributed by atoms with Crippen molar-refractivity contribution in [1.29, 1.82) is 0 Å². The van der Waals surface area contributed by atoms with Crippen molar-refractivity contribution in [2.24, 2.45) is 11.8 Å². The van der Waals surface area contributed by atoms with E-state index in [1.807, 2.05) is 0 Å². The fourth-order valence-corrected chi connectivity index (χ4v) is 3.21. The Hall–Kier alpha value is -0.0800. The van der Waals surface area contributed by atoms with Crippen LogP contribution in [-0.4, -0.2) is 25.8 Å². The third-order valence-corrected chi connectivity index (χ3v) is 4.50. The Kier molecular flexibility index (Phi) is 5.79. The lowest BCUT2D eigenvalue weighted by molar-refractivity contribution is 0.0214. The van der Waals surface area contributed by atoms with Gasteiger partial charge in [-0.15, -0.1) is 0 Å². The summed E-state index contributed by atoms with van der Waals surface area (Å²) < 4.78 is 5.93. The summed E-state index contributed by atoms with van der Waals surface area (Å²) in [6.07, 6.45) is 11.6. The average molecular weight is 239 g/mol. The number of hydrogen-bond donors (Lipinski definition) is 1. The largest absolute Gasteiger partial charge is 0.377 e. The molecule has 2 saturated carbocycles. The minimum atomic E-state index is 0.555. The van der Waals surface area contributed by atoms with Crippen molar-refractivity contribution >= 4 is 0 Å². The Morgan fingerprint density at radius 1 is 1.00 bits per heavy atom. The van der Waals surface area contributed by atoms with Crippen LogP contribution in [0.5, 0.6) is 0 Å². The molecule has 2 aliphatic rings. The molecule has 0 spiro atoms. The molecule has 0 aromatic carbocycles. The van der Waals surface area contributed by atoms with E-state index in [1.54, 1.807) is 0 Å². The first-order valence-corrected chi connectivity index (χ1v) is 7.67. The summed E-state index contributed by atoms with van der Waals surface area (Å²) >= 11 is 0. The maximum Gasteiger partial charge on any atom is 0.0594 e. The van der Waals surface area contributed by atoms with Gasteiger partial charge in [0.2, 0.25) is 0 Å². The summed E-state index contributed by atoms with van der Waals surface area (Å²) in [6, 6.07) is 0. The van der Waals surface area contributed by atoms with Crippen molar-refractivity contribution in [3.05, 3.63) is 0 Å². The van der Waals surface area contributed by atoms with Gasteiger partial charge in [-0.3, -0.25) is 0 Å². The Morgan fingerprint density at radius 3 is 2.41 bits per heavy atom. The van der Waals surface area contributed by atoms with Gasteiger partial charge in [0.15, 0.2) is 0 Å². The molecule has 0 atom stereocenters. The SMILES string of the molecule is CC1CCC(OCCNCC2CCCC2)CC1. The van der Waals surface area contributed by atoms with Crippen LogP contribution in [0.1, 0.15) is 58.3 Å². The first-order chi connectivity index (χ1) is 8.34. The van der Waals surface area contributed by atoms with Crippen molar-refractivity contribution in [3.63, 3.8) is 0 Å². The van der Waals surface area contributed by atoms with Crippen molar-refractivity contribution in [2.45, 2.75) is 64.4 Å². The predicted molar refractivity (Wildman–Crippen MR) is 72.2 cm³/mol. The van der Waals surface area contributed by atoms with E-state index in [2.05, 4.69) is 12.2 Å². The minimum absolute atomic E-state index is 0.555. The van der Waals surface area contributed by atoms with Crippen LogP contribution >= 0.6 is 0 Å². The van der Waals surface area contributed by atoms with Gasteiger partial charge in [-0.1, -0.05) is 19.8 Å². The number of rotatable bonds is 6. The maximum absolute atomic E-state index is 5.93. The lowest BCUT2D eigenvalue weighted by Gasteiger charge is -2.26. The number of hydrogen-bond acceptors (Lipinski definition) is 2. The highest BCUT2D eigenvalue weighted by molar-refractivity contribution is 4.71. The lowest BCUT2D eigenvalue weighted by atomic mass is 9.89. The molecular weight excluding hydrogens is 210 g/mol. The minimum Gasteiger partial charge on any atom is -0.377 e. The molecule has 0 amide bonds. The lowest BCUT2D eigenvalue weighted by Crippen LogP contribution is -2.28. The van der Waals surface area contributed by atoms with Crippen LogP contribution in [0.15, 0.2) is 0 Å². The van der Waals surface area contributed by atoms with Crippen LogP contribution in [0.25, 0.3) is 0 Å². The first kappa shape index (κ1) is 13.4. The standard InChI is InChI=1S/C15H29NO/c1-13-6-8-15(9-7-13)17-11-10-16-12-14-4-2-3-5-14/h13-16H,2-12H2,1H3. The molecule has 0 aliphatic heterocycles. The Bertz CT molecular complexity index is 193. The highest BCUT2D eigenvalue weighted by Gasteiger charge is 2.18. The van der Waals surface area contributed by atoms with E-state index in [0.29, 0.717) is 6.10 Å². The molecule has 1 N–H and O–H groups in total. The second kappa shape index (κ2) is 7.38. The van der Waals surface area contributed by atoms with Crippen molar-refractivity contribution < 1.29 is 4.74 Å². The maximum atomic E-state index is 5.93. The van der Waals surface area contributed by atoms with E-state index in [9.17, 15) is 0 Å². The summed E-state index contributed by atoms with van der Waals surface area (Å²) in [5, 5.41) is 3.55. The second-order valence-electron chi connectivity index (χ2n) is 6.11. The Balaban J connectivity index is 1.43. The number of ether oxygens (including phenoxy) is 1. The van der Waals surface area contributed by atoms with Gasteiger partial charge in [-0.2, -0.15) is 0 Å². The zero-order valence-electron chi connectivity index (χ0n) is 11.4. The molecule has 2 fully saturated rings. The highest BCUT2D eigenvalue weighted by Crippen LogP contribution is 2.25. The predicted octanol–water partition coefficient (Wildman–Crippen LogP) is 3.36. The van der Waals surface area contributed by atoms with Gasteiger partial charge in [0.05, 0.1) is 12.7 Å². The van der Waals surface area contributed by atoms with E-state index in [1.165, 1.54) is 57.9 Å². The molecular formula is C15H29NO. The highest BCUT2D eigenvalue weighted by atomic mass is 16.5. The molecule has 2 aliphatic carbocycles. The van der Waals surface area contributed by atoms with Crippen molar-refractivity contribution in [3.8, 4) is 0 Å². The van der Waals surface area contributed by atoms with Gasteiger partial charge in [0.1, 0.15) is 0 Å². The van der Waals surface area contributed by atoms with E-state index in [4.69, 9.17) is 4.74 Å². The van der Waals surface area contributed by atoms with Gasteiger partial charge in [0.25, 0.3) is 0 Å². The quantitative estimate of drug-likeness (QED) is 0.718. The average Bonchev–Trinajstić information content (AvgIpc) is 2.84. The Labute approximate surface area is 107 Å². The van der Waals surface area contributed by atoms with Gasteiger partial charge in [0, 0.05) is 6.54 Å². The monoisotopic (exact) mass is 239 g/mol. The van der Waals surface area contributed by atoms with Gasteiger partial charge < -0.3 is 10.1 Å². The van der Waals surface area contributed by atoms with Crippen LogP contribution in [-0.2, 0) is 4.74 Å². The molecule has 2 nitrogen and oxygen atoms in total. The summed E-state index contributed by atoms with van der Waals surface area (Å²) in [4.78, 5) is 0. The fourth-order valence-electron chi connectivity index (χ4n) is 3.21. The summed E-state index contributed by atoms with van der Waals surface area (Å²) in [6.45, 7) is 5.53. The molecule has 0 saturated heterocycles. The van der Waals surface area contributed by atoms with Crippen LogP contribution in [0.4, 0.5) is 0 Å². The smallest absolute Gasteiger partial charge is 0.0594 e. The topological polar surface area (TPSA) is 21.3 Å². The molecule has 2 heteroatoms. The van der Waals surface area contributed by atoms with E-state index in [-0.39, 0.29) is 0 Å². The molecule has 0 aromatic rings. The summed E-state index contributed by atoms with van der Waals surface area (Å²) in [7, 11) is 0. The zero-order chi connectivity index (χ0) is 11.9. The van der Waals surface area contributed by atoms with E-state index in [0.717, 1.165) is 25.0 Å². The zero-order valence-corrected chi connectivity index (χ0v) is 11.4. The summed E-state index contributed by atoms with van der Waals surface area (Å²) in [5.41, 5.74) is 0. The van der Waals surface area contributed by atoms with Crippen molar-refractivity contribution in [1.82, 2.24) is 5.32 Å². The molecule has 0 unspecified atom stereocenters. The van der Waals surface area contributed by atoms with Crippen LogP contribution in [0.2, 0.25) is 0 Å². The van der Waals surface area contributed by atoms with Crippen molar-refractivity contribution in [2.75, 3.05) is 19.7 Å². The summed E-state index contributed by atoms with van der Waals surface area (Å²) in [5.74, 6) is 1.88. The molecule has 2 rings (SSSR count). The molecule has 0 aromatic heterocycles. The molecule has 0 radical (unpaired) electrons. The Morgan fingerprint density at radius 2 is 1.71 bits per heavy atom. The van der Waals surface area contributed by atoms with Gasteiger partial charge in [-0.05, 0) is 56.9 Å². The molecule has 100 valence electrons. The van der Waals surface area contributed by atoms with E-state index >= 15 is 0 Å². The van der Waals surface area contributed by atoms with Gasteiger partial charge >= 0.3 is 0 Å². The second-order valence-corrected chi connectivity index (χ2v) is 6.11. The molecule has 17 heavy (non-hydrogen) atoms. The first-order valence-electron chi connectivity index (χ1n) is 7.67. The number of nitrogens with one attached hydrogen (secondary N) is 1. The molecule has 0 bridgehead atoms. The van der Waals surface area contributed by atoms with Gasteiger partial charge in [-0.25, -0.2) is 0 Å². The van der Waals surface area contributed by atoms with Crippen LogP contribution < -0.4 is 5.32 Å². The third kappa shape index (κ3) is 4.97. The third-order valence-electron chi connectivity index (χ3n) is 4.50. The molecule has 0 heterocycles. The normalized spacial score (nSPS) is 30.9. The van der Waals surface area contributed by atoms with E-state index < -0.39 is 0 Å². The van der Waals surface area contributed by atoms with Crippen LogP contribution in [0.3, 0.4) is 0 Å². The fraction of sp³-hybridized carbons (Fsp3) is 1.00.